The van der Waals surface area contributed by atoms with Crippen LogP contribution < -0.4 is 5.32 Å². The van der Waals surface area contributed by atoms with Crippen LogP contribution in [0.3, 0.4) is 0 Å². The lowest BCUT2D eigenvalue weighted by Crippen LogP contribution is -2.42. The van der Waals surface area contributed by atoms with Crippen molar-refractivity contribution in [2.75, 3.05) is 13.1 Å². The summed E-state index contributed by atoms with van der Waals surface area (Å²) in [6.07, 6.45) is 5.60. The number of benzene rings is 1. The van der Waals surface area contributed by atoms with E-state index in [1.165, 1.54) is 5.56 Å². The molecule has 3 rings (SSSR count). The molecule has 1 fully saturated rings. The molecule has 1 aliphatic heterocycles. The minimum Gasteiger partial charge on any atom is -0.352 e. The van der Waals surface area contributed by atoms with E-state index in [9.17, 15) is 4.79 Å². The van der Waals surface area contributed by atoms with E-state index < -0.39 is 0 Å². The first-order chi connectivity index (χ1) is 11.3. The van der Waals surface area contributed by atoms with Crippen LogP contribution in [0.4, 0.5) is 0 Å². The quantitative estimate of drug-likeness (QED) is 0.923. The van der Waals surface area contributed by atoms with Crippen LogP contribution in [0, 0.1) is 5.92 Å². The van der Waals surface area contributed by atoms with Crippen molar-refractivity contribution in [3.8, 4) is 0 Å². The molecule has 120 valence electrons. The fourth-order valence-electron chi connectivity index (χ4n) is 3.09. The number of piperidine rings is 1. The Labute approximate surface area is 137 Å². The first-order valence-electron chi connectivity index (χ1n) is 8.24. The summed E-state index contributed by atoms with van der Waals surface area (Å²) in [5.41, 5.74) is 2.35. The van der Waals surface area contributed by atoms with Gasteiger partial charge in [-0.25, -0.2) is 0 Å². The van der Waals surface area contributed by atoms with Crippen molar-refractivity contribution < 1.29 is 4.79 Å². The number of aromatic nitrogens is 1. The maximum absolute atomic E-state index is 12.4. The molecule has 1 saturated heterocycles. The number of pyridine rings is 1. The van der Waals surface area contributed by atoms with Gasteiger partial charge in [-0.3, -0.25) is 14.7 Å². The summed E-state index contributed by atoms with van der Waals surface area (Å²) in [6.45, 7) is 3.39. The fourth-order valence-corrected chi connectivity index (χ4v) is 3.09. The second kappa shape index (κ2) is 7.88. The number of nitrogens with zero attached hydrogens (tertiary/aromatic N) is 2. The van der Waals surface area contributed by atoms with E-state index in [2.05, 4.69) is 39.5 Å². The van der Waals surface area contributed by atoms with Gasteiger partial charge in [0.05, 0.1) is 5.92 Å². The van der Waals surface area contributed by atoms with Gasteiger partial charge in [0.1, 0.15) is 0 Å². The van der Waals surface area contributed by atoms with E-state index in [0.29, 0.717) is 6.54 Å². The summed E-state index contributed by atoms with van der Waals surface area (Å²) < 4.78 is 0. The Kier molecular flexibility index (Phi) is 5.37. The van der Waals surface area contributed by atoms with Crippen molar-refractivity contribution in [1.82, 2.24) is 15.2 Å². The highest BCUT2D eigenvalue weighted by Crippen LogP contribution is 2.19. The van der Waals surface area contributed by atoms with Crippen molar-refractivity contribution in [2.45, 2.75) is 25.9 Å². The number of rotatable bonds is 5. The molecule has 0 aliphatic carbocycles. The topological polar surface area (TPSA) is 45.2 Å². The Bertz CT molecular complexity index is 615. The van der Waals surface area contributed by atoms with Gasteiger partial charge in [-0.05, 0) is 36.6 Å². The summed E-state index contributed by atoms with van der Waals surface area (Å²) >= 11 is 0. The van der Waals surface area contributed by atoms with Gasteiger partial charge >= 0.3 is 0 Å². The summed E-state index contributed by atoms with van der Waals surface area (Å²) in [5, 5.41) is 3.05. The predicted octanol–water partition coefficient (Wildman–Crippen LogP) is 2.61. The van der Waals surface area contributed by atoms with E-state index in [-0.39, 0.29) is 11.8 Å². The number of hydrogen-bond acceptors (Lipinski definition) is 3. The maximum Gasteiger partial charge on any atom is 0.224 e. The average molecular weight is 309 g/mol. The third kappa shape index (κ3) is 4.63. The molecule has 1 N–H and O–H groups in total. The SMILES string of the molecule is O=C(NCc1cccnc1)[C@@H]1CCCN(Cc2ccccc2)C1. The lowest BCUT2D eigenvalue weighted by Gasteiger charge is -2.32. The second-order valence-corrected chi connectivity index (χ2v) is 6.14. The third-order valence-corrected chi connectivity index (χ3v) is 4.31. The first kappa shape index (κ1) is 15.7. The number of carbonyl (C=O) groups is 1. The molecule has 4 nitrogen and oxygen atoms in total. The molecule has 0 unspecified atom stereocenters. The number of carbonyl (C=O) groups excluding carboxylic acids is 1. The van der Waals surface area contributed by atoms with Crippen molar-refractivity contribution in [3.05, 3.63) is 66.0 Å². The highest BCUT2D eigenvalue weighted by atomic mass is 16.1. The molecule has 0 radical (unpaired) electrons. The van der Waals surface area contributed by atoms with Crippen LogP contribution in [0.2, 0.25) is 0 Å². The molecular weight excluding hydrogens is 286 g/mol. The zero-order valence-electron chi connectivity index (χ0n) is 13.3. The van der Waals surface area contributed by atoms with Gasteiger partial charge in [-0.1, -0.05) is 36.4 Å². The van der Waals surface area contributed by atoms with E-state index in [1.54, 1.807) is 12.4 Å². The van der Waals surface area contributed by atoms with E-state index >= 15 is 0 Å². The van der Waals surface area contributed by atoms with Crippen LogP contribution >= 0.6 is 0 Å². The zero-order chi connectivity index (χ0) is 15.9. The van der Waals surface area contributed by atoms with Crippen LogP contribution in [0.15, 0.2) is 54.9 Å². The van der Waals surface area contributed by atoms with Crippen molar-refractivity contribution in [3.63, 3.8) is 0 Å². The largest absolute Gasteiger partial charge is 0.352 e. The Balaban J connectivity index is 1.50. The van der Waals surface area contributed by atoms with E-state index in [0.717, 1.165) is 38.0 Å². The maximum atomic E-state index is 12.4. The van der Waals surface area contributed by atoms with Crippen LogP contribution in [-0.2, 0) is 17.9 Å². The average Bonchev–Trinajstić information content (AvgIpc) is 2.62. The molecule has 1 aromatic heterocycles. The van der Waals surface area contributed by atoms with Crippen molar-refractivity contribution in [2.24, 2.45) is 5.92 Å². The van der Waals surface area contributed by atoms with E-state index in [1.807, 2.05) is 18.2 Å². The standard InChI is InChI=1S/C19H23N3O/c23-19(21-13-17-8-4-10-20-12-17)18-9-5-11-22(15-18)14-16-6-2-1-3-7-16/h1-4,6-8,10,12,18H,5,9,11,13-15H2,(H,21,23)/t18-/m1/s1. The van der Waals surface area contributed by atoms with Gasteiger partial charge in [0.2, 0.25) is 5.91 Å². The van der Waals surface area contributed by atoms with Gasteiger partial charge in [-0.2, -0.15) is 0 Å². The molecule has 1 aliphatic rings. The molecule has 2 aromatic rings. The Morgan fingerprint density at radius 3 is 2.78 bits per heavy atom. The molecule has 4 heteroatoms. The first-order valence-corrected chi connectivity index (χ1v) is 8.24. The van der Waals surface area contributed by atoms with Crippen molar-refractivity contribution in [1.29, 1.82) is 0 Å². The van der Waals surface area contributed by atoms with Crippen LogP contribution in [0.1, 0.15) is 24.0 Å². The van der Waals surface area contributed by atoms with Gasteiger partial charge in [0.15, 0.2) is 0 Å². The molecule has 0 bridgehead atoms. The second-order valence-electron chi connectivity index (χ2n) is 6.14. The molecule has 1 atom stereocenters. The minimum absolute atomic E-state index is 0.0872. The highest BCUT2D eigenvalue weighted by Gasteiger charge is 2.25. The normalized spacial score (nSPS) is 18.5. The number of hydrogen-bond donors (Lipinski definition) is 1. The Hall–Kier alpha value is -2.20. The molecule has 1 aromatic carbocycles. The fraction of sp³-hybridized carbons (Fsp3) is 0.368. The molecule has 1 amide bonds. The molecule has 0 spiro atoms. The van der Waals surface area contributed by atoms with Gasteiger partial charge in [-0.15, -0.1) is 0 Å². The lowest BCUT2D eigenvalue weighted by atomic mass is 9.96. The zero-order valence-corrected chi connectivity index (χ0v) is 13.3. The van der Waals surface area contributed by atoms with Crippen molar-refractivity contribution >= 4 is 5.91 Å². The summed E-state index contributed by atoms with van der Waals surface area (Å²) in [7, 11) is 0. The number of amides is 1. The van der Waals surface area contributed by atoms with E-state index in [4.69, 9.17) is 0 Å². The molecule has 0 saturated carbocycles. The summed E-state index contributed by atoms with van der Waals surface area (Å²) in [6, 6.07) is 14.3. The Morgan fingerprint density at radius 1 is 1.17 bits per heavy atom. The number of nitrogens with one attached hydrogen (secondary N) is 1. The third-order valence-electron chi connectivity index (χ3n) is 4.31. The van der Waals surface area contributed by atoms with Gasteiger partial charge in [0, 0.05) is 32.0 Å². The lowest BCUT2D eigenvalue weighted by molar-refractivity contribution is -0.126. The van der Waals surface area contributed by atoms with Crippen LogP contribution in [-0.4, -0.2) is 28.9 Å². The molecule has 2 heterocycles. The van der Waals surface area contributed by atoms with Crippen LogP contribution in [0.25, 0.3) is 0 Å². The molecule has 23 heavy (non-hydrogen) atoms. The van der Waals surface area contributed by atoms with Gasteiger partial charge in [0.25, 0.3) is 0 Å². The highest BCUT2D eigenvalue weighted by molar-refractivity contribution is 5.78. The smallest absolute Gasteiger partial charge is 0.224 e. The van der Waals surface area contributed by atoms with Gasteiger partial charge < -0.3 is 5.32 Å². The Morgan fingerprint density at radius 2 is 2.00 bits per heavy atom. The van der Waals surface area contributed by atoms with Crippen LogP contribution in [0.5, 0.6) is 0 Å². The predicted molar refractivity (Wildman–Crippen MR) is 90.5 cm³/mol. The minimum atomic E-state index is 0.0872. The molecular formula is C19H23N3O. The summed E-state index contributed by atoms with van der Waals surface area (Å²) in [5.74, 6) is 0.246. The summed E-state index contributed by atoms with van der Waals surface area (Å²) in [4.78, 5) is 18.9. The monoisotopic (exact) mass is 309 g/mol. The number of likely N-dealkylation sites (tertiary alicyclic amines) is 1.